The Balaban J connectivity index is 2.28. The molecule has 2 heterocycles. The summed E-state index contributed by atoms with van der Waals surface area (Å²) in [6.07, 6.45) is 1.27. The maximum Gasteiger partial charge on any atom is 0.345 e. The molecule has 2 aromatic rings. The summed E-state index contributed by atoms with van der Waals surface area (Å²) in [4.78, 5) is 10.6. The van der Waals surface area contributed by atoms with E-state index >= 15 is 0 Å². The standard InChI is InChI=1S/C7H5N3O4S3/c11-7(12)4-1-2-6(15-4)17(13,14)9-5-3-8-10-16-5/h1-3,9H,(H,11,12). The Labute approximate surface area is 104 Å². The van der Waals surface area contributed by atoms with Gasteiger partial charge in [-0.15, -0.1) is 16.4 Å². The van der Waals surface area contributed by atoms with Crippen LogP contribution < -0.4 is 4.72 Å². The number of carboxylic acids is 1. The Kier molecular flexibility index (Phi) is 3.09. The van der Waals surface area contributed by atoms with E-state index in [1.165, 1.54) is 18.3 Å². The average molecular weight is 291 g/mol. The van der Waals surface area contributed by atoms with E-state index in [2.05, 4.69) is 14.3 Å². The van der Waals surface area contributed by atoms with Gasteiger partial charge in [0.1, 0.15) is 14.1 Å². The zero-order chi connectivity index (χ0) is 12.5. The van der Waals surface area contributed by atoms with Crippen LogP contribution in [0.3, 0.4) is 0 Å². The second kappa shape index (κ2) is 4.39. The average Bonchev–Trinajstić information content (AvgIpc) is 2.84. The highest BCUT2D eigenvalue weighted by Gasteiger charge is 2.19. The van der Waals surface area contributed by atoms with E-state index < -0.39 is 16.0 Å². The first-order valence-electron chi connectivity index (χ1n) is 4.12. The number of carboxylic acid groups (broad SMARTS) is 1. The summed E-state index contributed by atoms with van der Waals surface area (Å²) in [6, 6.07) is 2.48. The van der Waals surface area contributed by atoms with Crippen LogP contribution in [-0.4, -0.2) is 29.1 Å². The molecule has 0 atom stereocenters. The second-order valence-electron chi connectivity index (χ2n) is 2.81. The number of thiophene rings is 1. The molecule has 0 aliphatic heterocycles. The van der Waals surface area contributed by atoms with Crippen LogP contribution in [0.15, 0.2) is 22.5 Å². The summed E-state index contributed by atoms with van der Waals surface area (Å²) in [7, 11) is -3.76. The molecule has 7 nitrogen and oxygen atoms in total. The quantitative estimate of drug-likeness (QED) is 0.873. The van der Waals surface area contributed by atoms with Gasteiger partial charge in [0, 0.05) is 11.5 Å². The van der Waals surface area contributed by atoms with Gasteiger partial charge in [0.2, 0.25) is 0 Å². The van der Waals surface area contributed by atoms with Crippen LogP contribution in [0.2, 0.25) is 0 Å². The van der Waals surface area contributed by atoms with E-state index in [0.29, 0.717) is 11.3 Å². The molecule has 0 saturated heterocycles. The molecule has 0 unspecified atom stereocenters. The molecular formula is C7H5N3O4S3. The van der Waals surface area contributed by atoms with Gasteiger partial charge >= 0.3 is 5.97 Å². The maximum absolute atomic E-state index is 11.8. The van der Waals surface area contributed by atoms with E-state index in [9.17, 15) is 13.2 Å². The number of nitrogens with one attached hydrogen (secondary N) is 1. The number of nitrogens with zero attached hydrogens (tertiary/aromatic N) is 2. The van der Waals surface area contributed by atoms with Gasteiger partial charge in [-0.2, -0.15) is 0 Å². The molecule has 0 amide bonds. The second-order valence-corrected chi connectivity index (χ2v) is 6.59. The van der Waals surface area contributed by atoms with Gasteiger partial charge in [-0.3, -0.25) is 4.72 Å². The molecule has 90 valence electrons. The molecule has 0 bridgehead atoms. The van der Waals surface area contributed by atoms with Crippen molar-refractivity contribution in [2.24, 2.45) is 0 Å². The van der Waals surface area contributed by atoms with E-state index in [1.807, 2.05) is 0 Å². The van der Waals surface area contributed by atoms with Gasteiger partial charge in [0.15, 0.2) is 0 Å². The third-order valence-electron chi connectivity index (χ3n) is 1.65. The highest BCUT2D eigenvalue weighted by molar-refractivity contribution is 7.94. The van der Waals surface area contributed by atoms with Crippen molar-refractivity contribution in [2.75, 3.05) is 4.72 Å². The lowest BCUT2D eigenvalue weighted by Crippen LogP contribution is -2.10. The van der Waals surface area contributed by atoms with Gasteiger partial charge in [0.25, 0.3) is 10.0 Å². The molecule has 0 aromatic carbocycles. The molecule has 2 rings (SSSR count). The normalized spacial score (nSPS) is 11.3. The van der Waals surface area contributed by atoms with E-state index in [4.69, 9.17) is 5.11 Å². The topological polar surface area (TPSA) is 109 Å². The predicted octanol–water partition coefficient (Wildman–Crippen LogP) is 1.10. The molecule has 2 aromatic heterocycles. The molecular weight excluding hydrogens is 286 g/mol. The molecule has 0 aliphatic rings. The van der Waals surface area contributed by atoms with Gasteiger partial charge in [0.05, 0.1) is 6.20 Å². The highest BCUT2D eigenvalue weighted by Crippen LogP contribution is 2.24. The van der Waals surface area contributed by atoms with Crippen molar-refractivity contribution in [2.45, 2.75) is 4.21 Å². The highest BCUT2D eigenvalue weighted by atomic mass is 32.2. The molecule has 0 radical (unpaired) electrons. The van der Waals surface area contributed by atoms with Crippen LogP contribution in [0.4, 0.5) is 5.00 Å². The minimum absolute atomic E-state index is 0.0344. The number of anilines is 1. The molecule has 0 aliphatic carbocycles. The first kappa shape index (κ1) is 12.0. The van der Waals surface area contributed by atoms with Crippen LogP contribution in [-0.2, 0) is 10.0 Å². The summed E-state index contributed by atoms with van der Waals surface area (Å²) < 4.78 is 29.3. The van der Waals surface area contributed by atoms with Crippen molar-refractivity contribution in [3.8, 4) is 0 Å². The van der Waals surface area contributed by atoms with Crippen molar-refractivity contribution in [3.63, 3.8) is 0 Å². The molecule has 2 N–H and O–H groups in total. The number of sulfonamides is 1. The number of rotatable bonds is 4. The molecule has 0 fully saturated rings. The SMILES string of the molecule is O=C(O)c1ccc(S(=O)(=O)Nc2cnns2)s1. The monoisotopic (exact) mass is 291 g/mol. The predicted molar refractivity (Wildman–Crippen MR) is 62.0 cm³/mol. The van der Waals surface area contributed by atoms with E-state index in [1.54, 1.807) is 0 Å². The molecule has 17 heavy (non-hydrogen) atoms. The maximum atomic E-state index is 11.8. The van der Waals surface area contributed by atoms with Gasteiger partial charge < -0.3 is 5.11 Å². The number of hydrogen-bond acceptors (Lipinski definition) is 7. The zero-order valence-corrected chi connectivity index (χ0v) is 10.5. The molecule has 0 saturated carbocycles. The minimum atomic E-state index is -3.76. The number of aromatic carboxylic acids is 1. The Hall–Kier alpha value is -1.52. The lowest BCUT2D eigenvalue weighted by molar-refractivity contribution is 0.0702. The van der Waals surface area contributed by atoms with Crippen LogP contribution in [0.5, 0.6) is 0 Å². The van der Waals surface area contributed by atoms with Gasteiger partial charge in [-0.25, -0.2) is 13.2 Å². The first-order valence-corrected chi connectivity index (χ1v) is 7.19. The fourth-order valence-corrected chi connectivity index (χ4v) is 3.80. The Morgan fingerprint density at radius 3 is 2.71 bits per heavy atom. The van der Waals surface area contributed by atoms with Gasteiger partial charge in [-0.05, 0) is 12.1 Å². The van der Waals surface area contributed by atoms with Gasteiger partial charge in [-0.1, -0.05) is 4.49 Å². The molecule has 10 heteroatoms. The van der Waals surface area contributed by atoms with Crippen LogP contribution in [0.1, 0.15) is 9.67 Å². The Bertz CT molecular complexity index is 631. The summed E-state index contributed by atoms with van der Waals surface area (Å²) in [5.41, 5.74) is 0. The Morgan fingerprint density at radius 2 is 2.18 bits per heavy atom. The third kappa shape index (κ3) is 2.60. The van der Waals surface area contributed by atoms with Crippen LogP contribution in [0.25, 0.3) is 0 Å². The van der Waals surface area contributed by atoms with Crippen molar-refractivity contribution in [1.29, 1.82) is 0 Å². The summed E-state index contributed by atoms with van der Waals surface area (Å²) in [5, 5.41) is 12.5. The Morgan fingerprint density at radius 1 is 1.41 bits per heavy atom. The minimum Gasteiger partial charge on any atom is -0.477 e. The fourth-order valence-electron chi connectivity index (χ4n) is 0.974. The van der Waals surface area contributed by atoms with Crippen molar-refractivity contribution in [1.82, 2.24) is 9.59 Å². The van der Waals surface area contributed by atoms with Crippen molar-refractivity contribution in [3.05, 3.63) is 23.2 Å². The van der Waals surface area contributed by atoms with Crippen molar-refractivity contribution >= 4 is 43.9 Å². The number of aromatic nitrogens is 2. The van der Waals surface area contributed by atoms with Crippen LogP contribution in [0, 0.1) is 0 Å². The van der Waals surface area contributed by atoms with Crippen molar-refractivity contribution < 1.29 is 18.3 Å². The fraction of sp³-hybridized carbons (Fsp3) is 0. The first-order chi connectivity index (χ1) is 7.99. The lowest BCUT2D eigenvalue weighted by Gasteiger charge is -2.00. The largest absolute Gasteiger partial charge is 0.477 e. The molecule has 0 spiro atoms. The number of hydrogen-bond donors (Lipinski definition) is 2. The van der Waals surface area contributed by atoms with E-state index in [0.717, 1.165) is 11.5 Å². The third-order valence-corrected chi connectivity index (χ3v) is 5.29. The number of carbonyl (C=O) groups is 1. The lowest BCUT2D eigenvalue weighted by atomic mass is 10.5. The summed E-state index contributed by atoms with van der Waals surface area (Å²) in [5.74, 6) is -1.16. The zero-order valence-electron chi connectivity index (χ0n) is 8.02. The van der Waals surface area contributed by atoms with E-state index in [-0.39, 0.29) is 14.1 Å². The smallest absolute Gasteiger partial charge is 0.345 e. The van der Waals surface area contributed by atoms with Crippen LogP contribution >= 0.6 is 22.9 Å². The summed E-state index contributed by atoms with van der Waals surface area (Å²) >= 11 is 1.58. The summed E-state index contributed by atoms with van der Waals surface area (Å²) in [6.45, 7) is 0.